The van der Waals surface area contributed by atoms with E-state index in [1.54, 1.807) is 0 Å². The van der Waals surface area contributed by atoms with Gasteiger partial charge < -0.3 is 15.4 Å². The second kappa shape index (κ2) is 6.50. The molecule has 96 valence electrons. The van der Waals surface area contributed by atoms with E-state index in [9.17, 15) is 0 Å². The topological polar surface area (TPSA) is 38.5 Å². The minimum absolute atomic E-state index is 0.713. The summed E-state index contributed by atoms with van der Waals surface area (Å²) in [5, 5.41) is 0. The molecule has 0 saturated heterocycles. The number of anilines is 1. The zero-order valence-electron chi connectivity index (χ0n) is 11.4. The molecular formula is C14H24N2O. The number of hydrogen-bond donors (Lipinski definition) is 1. The van der Waals surface area contributed by atoms with E-state index < -0.39 is 0 Å². The summed E-state index contributed by atoms with van der Waals surface area (Å²) in [4.78, 5) is 2.34. The molecule has 3 nitrogen and oxygen atoms in total. The van der Waals surface area contributed by atoms with Crippen molar-refractivity contribution < 1.29 is 4.74 Å². The number of nitrogens with two attached hydrogens (primary N) is 1. The van der Waals surface area contributed by atoms with E-state index in [1.807, 2.05) is 13.0 Å². The molecule has 0 aliphatic heterocycles. The molecule has 0 amide bonds. The lowest BCUT2D eigenvalue weighted by Crippen LogP contribution is -2.28. The van der Waals surface area contributed by atoms with Gasteiger partial charge in [-0.05, 0) is 38.1 Å². The molecule has 0 bridgehead atoms. The number of likely N-dealkylation sites (N-methyl/N-ethyl adjacent to an activating group) is 1. The van der Waals surface area contributed by atoms with Crippen LogP contribution >= 0.6 is 0 Å². The van der Waals surface area contributed by atoms with Gasteiger partial charge in [0.05, 0.1) is 0 Å². The molecule has 2 N–H and O–H groups in total. The Hall–Kier alpha value is -1.22. The van der Waals surface area contributed by atoms with Gasteiger partial charge >= 0.3 is 0 Å². The lowest BCUT2D eigenvalue weighted by Gasteiger charge is -2.19. The van der Waals surface area contributed by atoms with E-state index in [0.717, 1.165) is 42.2 Å². The first-order valence-corrected chi connectivity index (χ1v) is 6.30. The second-order valence-electron chi connectivity index (χ2n) is 4.35. The molecule has 0 heterocycles. The Morgan fingerprint density at radius 1 is 1.12 bits per heavy atom. The summed E-state index contributed by atoms with van der Waals surface area (Å²) >= 11 is 0. The normalized spacial score (nSPS) is 10.9. The van der Waals surface area contributed by atoms with Crippen LogP contribution in [0.1, 0.15) is 25.0 Å². The molecule has 1 aromatic rings. The third-order valence-electron chi connectivity index (χ3n) is 3.12. The van der Waals surface area contributed by atoms with Crippen LogP contribution in [0, 0.1) is 13.8 Å². The van der Waals surface area contributed by atoms with Crippen molar-refractivity contribution in [1.82, 2.24) is 4.90 Å². The SMILES string of the molecule is CCN(CC)CCOc1cc(N)c(C)cc1C. The van der Waals surface area contributed by atoms with E-state index in [4.69, 9.17) is 10.5 Å². The summed E-state index contributed by atoms with van der Waals surface area (Å²) in [5.74, 6) is 0.903. The van der Waals surface area contributed by atoms with Crippen molar-refractivity contribution in [3.63, 3.8) is 0 Å². The molecule has 0 saturated carbocycles. The van der Waals surface area contributed by atoms with Crippen molar-refractivity contribution in [3.8, 4) is 5.75 Å². The summed E-state index contributed by atoms with van der Waals surface area (Å²) in [6, 6.07) is 4.00. The van der Waals surface area contributed by atoms with Gasteiger partial charge in [0.25, 0.3) is 0 Å². The fourth-order valence-corrected chi connectivity index (χ4v) is 1.83. The highest BCUT2D eigenvalue weighted by Crippen LogP contribution is 2.24. The van der Waals surface area contributed by atoms with Crippen molar-refractivity contribution >= 4 is 5.69 Å². The van der Waals surface area contributed by atoms with Crippen molar-refractivity contribution in [1.29, 1.82) is 0 Å². The Morgan fingerprint density at radius 3 is 2.35 bits per heavy atom. The lowest BCUT2D eigenvalue weighted by atomic mass is 10.1. The van der Waals surface area contributed by atoms with Gasteiger partial charge in [0.2, 0.25) is 0 Å². The van der Waals surface area contributed by atoms with Crippen molar-refractivity contribution in [2.24, 2.45) is 0 Å². The van der Waals surface area contributed by atoms with Gasteiger partial charge in [-0.15, -0.1) is 0 Å². The van der Waals surface area contributed by atoms with Crippen LogP contribution in [0.25, 0.3) is 0 Å². The van der Waals surface area contributed by atoms with Crippen molar-refractivity contribution in [2.75, 3.05) is 32.0 Å². The van der Waals surface area contributed by atoms with E-state index in [1.165, 1.54) is 0 Å². The number of ether oxygens (including phenoxy) is 1. The Labute approximate surface area is 105 Å². The molecular weight excluding hydrogens is 212 g/mol. The summed E-state index contributed by atoms with van der Waals surface area (Å²) in [7, 11) is 0. The average Bonchev–Trinajstić information content (AvgIpc) is 2.31. The molecule has 1 rings (SSSR count). The first-order chi connectivity index (χ1) is 8.08. The van der Waals surface area contributed by atoms with E-state index in [0.29, 0.717) is 6.61 Å². The first-order valence-electron chi connectivity index (χ1n) is 6.30. The number of benzene rings is 1. The Morgan fingerprint density at radius 2 is 1.76 bits per heavy atom. The molecule has 0 unspecified atom stereocenters. The van der Waals surface area contributed by atoms with Crippen LogP contribution in [0.15, 0.2) is 12.1 Å². The highest BCUT2D eigenvalue weighted by atomic mass is 16.5. The van der Waals surface area contributed by atoms with Crippen LogP contribution in [0.2, 0.25) is 0 Å². The molecule has 0 spiro atoms. The van der Waals surface area contributed by atoms with Crippen molar-refractivity contribution in [2.45, 2.75) is 27.7 Å². The van der Waals surface area contributed by atoms with Crippen LogP contribution < -0.4 is 10.5 Å². The largest absolute Gasteiger partial charge is 0.492 e. The first kappa shape index (κ1) is 13.8. The van der Waals surface area contributed by atoms with Gasteiger partial charge in [0.15, 0.2) is 0 Å². The van der Waals surface area contributed by atoms with E-state index in [-0.39, 0.29) is 0 Å². The van der Waals surface area contributed by atoms with Gasteiger partial charge in [-0.3, -0.25) is 0 Å². The van der Waals surface area contributed by atoms with Gasteiger partial charge in [-0.1, -0.05) is 19.9 Å². The minimum Gasteiger partial charge on any atom is -0.492 e. The zero-order valence-corrected chi connectivity index (χ0v) is 11.4. The maximum Gasteiger partial charge on any atom is 0.124 e. The summed E-state index contributed by atoms with van der Waals surface area (Å²) in [6.07, 6.45) is 0. The highest BCUT2D eigenvalue weighted by Gasteiger charge is 2.04. The molecule has 0 aliphatic rings. The van der Waals surface area contributed by atoms with Crippen LogP contribution in [0.4, 0.5) is 5.69 Å². The number of aryl methyl sites for hydroxylation is 2. The molecule has 0 atom stereocenters. The molecule has 0 aliphatic carbocycles. The molecule has 17 heavy (non-hydrogen) atoms. The molecule has 0 fully saturated rings. The van der Waals surface area contributed by atoms with E-state index in [2.05, 4.69) is 31.7 Å². The van der Waals surface area contributed by atoms with Crippen LogP contribution in [-0.2, 0) is 0 Å². The maximum absolute atomic E-state index is 5.88. The number of nitrogen functional groups attached to an aromatic ring is 1. The average molecular weight is 236 g/mol. The summed E-state index contributed by atoms with van der Waals surface area (Å²) in [5.41, 5.74) is 8.94. The highest BCUT2D eigenvalue weighted by molar-refractivity contribution is 5.54. The van der Waals surface area contributed by atoms with Gasteiger partial charge in [-0.25, -0.2) is 0 Å². The monoisotopic (exact) mass is 236 g/mol. The van der Waals surface area contributed by atoms with Crippen LogP contribution in [0.3, 0.4) is 0 Å². The summed E-state index contributed by atoms with van der Waals surface area (Å²) < 4.78 is 5.79. The maximum atomic E-state index is 5.88. The van der Waals surface area contributed by atoms with E-state index >= 15 is 0 Å². The molecule has 3 heteroatoms. The van der Waals surface area contributed by atoms with Gasteiger partial charge in [-0.2, -0.15) is 0 Å². The van der Waals surface area contributed by atoms with Crippen LogP contribution in [-0.4, -0.2) is 31.1 Å². The molecule has 1 aromatic carbocycles. The van der Waals surface area contributed by atoms with Gasteiger partial charge in [0.1, 0.15) is 12.4 Å². The Balaban J connectivity index is 2.55. The lowest BCUT2D eigenvalue weighted by molar-refractivity contribution is 0.222. The smallest absolute Gasteiger partial charge is 0.124 e. The predicted molar refractivity (Wildman–Crippen MR) is 73.6 cm³/mol. The molecule has 0 radical (unpaired) electrons. The molecule has 0 aromatic heterocycles. The van der Waals surface area contributed by atoms with Crippen molar-refractivity contribution in [3.05, 3.63) is 23.3 Å². The standard InChI is InChI=1S/C14H24N2O/c1-5-16(6-2)7-8-17-14-10-13(15)11(3)9-12(14)4/h9-10H,5-8,15H2,1-4H3. The summed E-state index contributed by atoms with van der Waals surface area (Å²) in [6.45, 7) is 12.2. The minimum atomic E-state index is 0.713. The van der Waals surface area contributed by atoms with Gasteiger partial charge in [0, 0.05) is 18.3 Å². The number of hydrogen-bond acceptors (Lipinski definition) is 3. The fraction of sp³-hybridized carbons (Fsp3) is 0.571. The second-order valence-corrected chi connectivity index (χ2v) is 4.35. The fourth-order valence-electron chi connectivity index (χ4n) is 1.83. The Bertz CT molecular complexity index is 359. The predicted octanol–water partition coefficient (Wildman–Crippen LogP) is 2.61. The number of nitrogens with zero attached hydrogens (tertiary/aromatic N) is 1. The third-order valence-corrected chi connectivity index (χ3v) is 3.12. The van der Waals surface area contributed by atoms with Crippen LogP contribution in [0.5, 0.6) is 5.75 Å². The zero-order chi connectivity index (χ0) is 12.8. The Kier molecular flexibility index (Phi) is 5.29. The quantitative estimate of drug-likeness (QED) is 0.772. The third kappa shape index (κ3) is 3.93. The number of rotatable bonds is 6.